The Morgan fingerprint density at radius 1 is 0.971 bits per heavy atom. The molecule has 0 aliphatic rings. The van der Waals surface area contributed by atoms with Crippen molar-refractivity contribution in [3.63, 3.8) is 0 Å². The Bertz CT molecular complexity index is 1400. The second-order valence-corrected chi connectivity index (χ2v) is 7.97. The van der Waals surface area contributed by atoms with Gasteiger partial charge >= 0.3 is 0 Å². The molecule has 0 bridgehead atoms. The van der Waals surface area contributed by atoms with Gasteiger partial charge in [-0.05, 0) is 48.5 Å². The van der Waals surface area contributed by atoms with Crippen molar-refractivity contribution >= 4 is 46.4 Å². The summed E-state index contributed by atoms with van der Waals surface area (Å²) in [7, 11) is 0. The fourth-order valence-electron chi connectivity index (χ4n) is 3.03. The van der Waals surface area contributed by atoms with Gasteiger partial charge in [0.25, 0.3) is 5.91 Å². The highest BCUT2D eigenvalue weighted by Gasteiger charge is 2.16. The van der Waals surface area contributed by atoms with E-state index in [9.17, 15) is 14.0 Å². The lowest BCUT2D eigenvalue weighted by Crippen LogP contribution is -2.15. The number of ether oxygens (including phenoxy) is 1. The monoisotopic (exact) mass is 511 g/mol. The highest BCUT2D eigenvalue weighted by atomic mass is 35.5. The van der Waals surface area contributed by atoms with Crippen molar-refractivity contribution < 1.29 is 18.7 Å². The Balaban J connectivity index is 1.45. The molecule has 8 nitrogen and oxygen atoms in total. The van der Waals surface area contributed by atoms with Crippen LogP contribution in [0, 0.1) is 5.82 Å². The number of nitrogens with zero attached hydrogens (tertiary/aromatic N) is 3. The zero-order chi connectivity index (χ0) is 24.9. The smallest absolute Gasteiger partial charge is 0.276 e. The predicted molar refractivity (Wildman–Crippen MR) is 129 cm³/mol. The third-order valence-electron chi connectivity index (χ3n) is 4.88. The highest BCUT2D eigenvalue weighted by molar-refractivity contribution is 6.36. The number of anilines is 2. The molecule has 0 spiro atoms. The van der Waals surface area contributed by atoms with Crippen LogP contribution < -0.4 is 15.8 Å². The Kier molecular flexibility index (Phi) is 7.19. The lowest BCUT2D eigenvalue weighted by Gasteiger charge is -2.12. The Labute approximate surface area is 208 Å². The van der Waals surface area contributed by atoms with E-state index >= 15 is 0 Å². The number of ketones is 1. The normalized spacial score (nSPS) is 10.6. The van der Waals surface area contributed by atoms with Crippen LogP contribution >= 0.6 is 23.2 Å². The Hall–Kier alpha value is -4.08. The molecule has 0 radical (unpaired) electrons. The maximum absolute atomic E-state index is 13.7. The highest BCUT2D eigenvalue weighted by Crippen LogP contribution is 2.29. The summed E-state index contributed by atoms with van der Waals surface area (Å²) in [5.41, 5.74) is 7.32. The van der Waals surface area contributed by atoms with Gasteiger partial charge in [-0.25, -0.2) is 4.39 Å². The van der Waals surface area contributed by atoms with Crippen LogP contribution in [0.3, 0.4) is 0 Å². The average Bonchev–Trinajstić information content (AvgIpc) is 2.88. The van der Waals surface area contributed by atoms with E-state index < -0.39 is 11.7 Å². The minimum Gasteiger partial charge on any atom is -0.485 e. The third-order valence-corrected chi connectivity index (χ3v) is 5.64. The number of nitrogen functional groups attached to an aromatic ring is 1. The number of benzene rings is 2. The van der Waals surface area contributed by atoms with Crippen LogP contribution in [0.1, 0.15) is 32.0 Å². The number of nitrogens with two attached hydrogens (primary N) is 1. The van der Waals surface area contributed by atoms with E-state index in [2.05, 4.69) is 20.5 Å². The summed E-state index contributed by atoms with van der Waals surface area (Å²) in [6.45, 7) is -0.209. The van der Waals surface area contributed by atoms with Gasteiger partial charge in [0, 0.05) is 45.9 Å². The van der Waals surface area contributed by atoms with Crippen LogP contribution in [0.15, 0.2) is 67.0 Å². The van der Waals surface area contributed by atoms with Crippen LogP contribution in [-0.2, 0) is 6.61 Å². The van der Waals surface area contributed by atoms with Crippen molar-refractivity contribution in [3.05, 3.63) is 105 Å². The Morgan fingerprint density at radius 3 is 2.37 bits per heavy atom. The summed E-state index contributed by atoms with van der Waals surface area (Å²) in [6, 6.07) is 13.4. The first-order chi connectivity index (χ1) is 16.8. The first-order valence-electron chi connectivity index (χ1n) is 10.1. The largest absolute Gasteiger partial charge is 0.485 e. The molecule has 2 aromatic carbocycles. The molecule has 11 heteroatoms. The van der Waals surface area contributed by atoms with Crippen LogP contribution in [0.5, 0.6) is 5.75 Å². The van der Waals surface area contributed by atoms with Crippen LogP contribution in [-0.4, -0.2) is 26.9 Å². The topological polar surface area (TPSA) is 120 Å². The zero-order valence-corrected chi connectivity index (χ0v) is 19.3. The molecular weight excluding hydrogens is 496 g/mol. The second kappa shape index (κ2) is 10.5. The maximum atomic E-state index is 13.7. The molecule has 3 N–H and O–H groups in total. The summed E-state index contributed by atoms with van der Waals surface area (Å²) >= 11 is 12.0. The van der Waals surface area contributed by atoms with Crippen molar-refractivity contribution in [3.8, 4) is 5.75 Å². The molecule has 2 aromatic heterocycles. The van der Waals surface area contributed by atoms with E-state index in [0.717, 1.165) is 6.07 Å². The number of amides is 1. The van der Waals surface area contributed by atoms with E-state index in [1.807, 2.05) is 0 Å². The number of hydrogen-bond donors (Lipinski definition) is 2. The van der Waals surface area contributed by atoms with Crippen molar-refractivity contribution in [2.24, 2.45) is 0 Å². The van der Waals surface area contributed by atoms with Gasteiger partial charge in [0.15, 0.2) is 23.0 Å². The minimum absolute atomic E-state index is 0.0415. The standard InChI is InChI=1S/C24H16Cl2FN5O3/c25-17-5-6-18(27)21(26)16(17)12-35-20-11-19(31-32-23(20)28)24(34)30-15-3-1-13(2-4-15)22(33)14-7-9-29-10-8-14/h1-11H,12H2,(H2,28,32)(H,30,34). The molecular formula is C24H16Cl2FN5O3. The molecule has 0 saturated carbocycles. The summed E-state index contributed by atoms with van der Waals surface area (Å²) in [5.74, 6) is -1.44. The molecule has 176 valence electrons. The number of nitrogens with one attached hydrogen (secondary N) is 1. The fraction of sp³-hybridized carbons (Fsp3) is 0.0417. The number of hydrogen-bond acceptors (Lipinski definition) is 7. The number of aromatic nitrogens is 3. The molecule has 0 atom stereocenters. The summed E-state index contributed by atoms with van der Waals surface area (Å²) in [4.78, 5) is 29.1. The first kappa shape index (κ1) is 24.1. The van der Waals surface area contributed by atoms with E-state index in [4.69, 9.17) is 33.7 Å². The van der Waals surface area contributed by atoms with Crippen LogP contribution in [0.2, 0.25) is 10.0 Å². The molecule has 0 saturated heterocycles. The predicted octanol–water partition coefficient (Wildman–Crippen LogP) is 4.96. The molecule has 4 aromatic rings. The van der Waals surface area contributed by atoms with Gasteiger partial charge in [-0.1, -0.05) is 23.2 Å². The molecule has 2 heterocycles. The van der Waals surface area contributed by atoms with E-state index in [1.54, 1.807) is 36.4 Å². The molecule has 1 amide bonds. The summed E-state index contributed by atoms with van der Waals surface area (Å²) in [5, 5.41) is 10.2. The van der Waals surface area contributed by atoms with Crippen molar-refractivity contribution in [2.45, 2.75) is 6.61 Å². The Morgan fingerprint density at radius 2 is 1.66 bits per heavy atom. The van der Waals surface area contributed by atoms with Crippen molar-refractivity contribution in [1.29, 1.82) is 0 Å². The van der Waals surface area contributed by atoms with Crippen molar-refractivity contribution in [1.82, 2.24) is 15.2 Å². The van der Waals surface area contributed by atoms with Crippen LogP contribution in [0.4, 0.5) is 15.9 Å². The first-order valence-corrected chi connectivity index (χ1v) is 10.8. The molecule has 0 aliphatic heterocycles. The van der Waals surface area contributed by atoms with E-state index in [1.165, 1.54) is 24.5 Å². The molecule has 4 rings (SSSR count). The SMILES string of the molecule is Nc1nnc(C(=O)Nc2ccc(C(=O)c3ccncc3)cc2)cc1OCc1c(Cl)ccc(F)c1Cl. The summed E-state index contributed by atoms with van der Waals surface area (Å²) in [6.07, 6.45) is 3.07. The van der Waals surface area contributed by atoms with Gasteiger partial charge in [0.2, 0.25) is 0 Å². The van der Waals surface area contributed by atoms with Gasteiger partial charge in [0.05, 0.1) is 5.02 Å². The number of halogens is 3. The lowest BCUT2D eigenvalue weighted by atomic mass is 10.0. The van der Waals surface area contributed by atoms with E-state index in [0.29, 0.717) is 16.8 Å². The van der Waals surface area contributed by atoms with Gasteiger partial charge < -0.3 is 15.8 Å². The van der Waals surface area contributed by atoms with Crippen molar-refractivity contribution in [2.75, 3.05) is 11.1 Å². The molecule has 0 aliphatic carbocycles. The summed E-state index contributed by atoms with van der Waals surface area (Å²) < 4.78 is 19.3. The lowest BCUT2D eigenvalue weighted by molar-refractivity contribution is 0.101. The number of rotatable bonds is 7. The zero-order valence-electron chi connectivity index (χ0n) is 17.8. The minimum atomic E-state index is -0.649. The third kappa shape index (κ3) is 5.53. The van der Waals surface area contributed by atoms with Gasteiger partial charge in [-0.3, -0.25) is 14.6 Å². The number of pyridine rings is 1. The fourth-order valence-corrected chi connectivity index (χ4v) is 3.51. The molecule has 0 unspecified atom stereocenters. The maximum Gasteiger partial charge on any atom is 0.276 e. The second-order valence-electron chi connectivity index (χ2n) is 7.19. The average molecular weight is 512 g/mol. The van der Waals surface area contributed by atoms with Gasteiger partial charge in [0.1, 0.15) is 12.4 Å². The quantitative estimate of drug-likeness (QED) is 0.265. The molecule has 35 heavy (non-hydrogen) atoms. The number of carbonyl (C=O) groups is 2. The van der Waals surface area contributed by atoms with E-state index in [-0.39, 0.29) is 45.3 Å². The number of carbonyl (C=O) groups excluding carboxylic acids is 2. The van der Waals surface area contributed by atoms with Gasteiger partial charge in [-0.2, -0.15) is 0 Å². The molecule has 0 fully saturated rings. The van der Waals surface area contributed by atoms with Gasteiger partial charge in [-0.15, -0.1) is 10.2 Å². The van der Waals surface area contributed by atoms with Crippen LogP contribution in [0.25, 0.3) is 0 Å².